The Hall–Kier alpha value is -2.57. The van der Waals surface area contributed by atoms with Gasteiger partial charge in [-0.1, -0.05) is 0 Å². The van der Waals surface area contributed by atoms with Gasteiger partial charge in [0.1, 0.15) is 5.82 Å². The average Bonchev–Trinajstić information content (AvgIpc) is 2.39. The van der Waals surface area contributed by atoms with Crippen LogP contribution in [-0.4, -0.2) is 5.91 Å². The van der Waals surface area contributed by atoms with Crippen LogP contribution in [0.3, 0.4) is 0 Å². The lowest BCUT2D eigenvalue weighted by Crippen LogP contribution is -2.15. The van der Waals surface area contributed by atoms with Crippen molar-refractivity contribution in [3.63, 3.8) is 0 Å². The quantitative estimate of drug-likeness (QED) is 0.506. The van der Waals surface area contributed by atoms with E-state index in [9.17, 15) is 22.4 Å². The van der Waals surface area contributed by atoms with Crippen molar-refractivity contribution in [3.05, 3.63) is 59.2 Å². The van der Waals surface area contributed by atoms with Crippen LogP contribution >= 0.6 is 0 Å². The molecule has 0 aliphatic heterocycles. The summed E-state index contributed by atoms with van der Waals surface area (Å²) < 4.78 is 52.0. The fourth-order valence-corrected chi connectivity index (χ4v) is 1.55. The first-order valence-electron chi connectivity index (χ1n) is 5.40. The first kappa shape index (κ1) is 13.9. The Kier molecular flexibility index (Phi) is 3.60. The van der Waals surface area contributed by atoms with Crippen molar-refractivity contribution >= 4 is 17.3 Å². The number of amides is 1. The van der Waals surface area contributed by atoms with Crippen molar-refractivity contribution < 1.29 is 22.4 Å². The number of halogens is 4. The largest absolute Gasteiger partial charge is 0.398 e. The third-order valence-electron chi connectivity index (χ3n) is 2.54. The summed E-state index contributed by atoms with van der Waals surface area (Å²) in [7, 11) is 0. The second-order valence-corrected chi connectivity index (χ2v) is 3.91. The van der Waals surface area contributed by atoms with Gasteiger partial charge in [0.25, 0.3) is 5.91 Å². The number of benzene rings is 2. The highest BCUT2D eigenvalue weighted by atomic mass is 19.2. The third kappa shape index (κ3) is 2.56. The molecule has 0 bridgehead atoms. The van der Waals surface area contributed by atoms with Gasteiger partial charge in [0, 0.05) is 5.69 Å². The van der Waals surface area contributed by atoms with Crippen LogP contribution in [-0.2, 0) is 0 Å². The summed E-state index contributed by atoms with van der Waals surface area (Å²) in [5, 5.41) is 2.03. The first-order chi connectivity index (χ1) is 9.40. The van der Waals surface area contributed by atoms with Gasteiger partial charge in [-0.05, 0) is 30.3 Å². The van der Waals surface area contributed by atoms with Crippen LogP contribution in [0.25, 0.3) is 0 Å². The highest BCUT2D eigenvalue weighted by Gasteiger charge is 2.17. The average molecular weight is 284 g/mol. The fraction of sp³-hybridized carbons (Fsp3) is 0. The van der Waals surface area contributed by atoms with E-state index in [1.165, 1.54) is 0 Å². The van der Waals surface area contributed by atoms with Crippen LogP contribution in [0.15, 0.2) is 30.3 Å². The molecule has 0 saturated heterocycles. The molecule has 0 atom stereocenters. The summed E-state index contributed by atoms with van der Waals surface area (Å²) in [6.45, 7) is 0. The molecule has 0 aliphatic carbocycles. The predicted octanol–water partition coefficient (Wildman–Crippen LogP) is 3.08. The molecule has 0 unspecified atom stereocenters. The molecular weight excluding hydrogens is 276 g/mol. The normalized spacial score (nSPS) is 10.4. The van der Waals surface area contributed by atoms with Crippen molar-refractivity contribution in [3.8, 4) is 0 Å². The summed E-state index contributed by atoms with van der Waals surface area (Å²) in [6, 6.07) is 4.54. The zero-order chi connectivity index (χ0) is 14.9. The number of carbonyl (C=O) groups excluding carboxylic acids is 1. The SMILES string of the molecule is Nc1cc(F)ccc1C(=O)Nc1ccc(F)c(F)c1F. The summed E-state index contributed by atoms with van der Waals surface area (Å²) in [5.41, 5.74) is 4.62. The van der Waals surface area contributed by atoms with Crippen LogP contribution in [0.2, 0.25) is 0 Å². The topological polar surface area (TPSA) is 55.1 Å². The molecule has 2 aromatic carbocycles. The Labute approximate surface area is 111 Å². The van der Waals surface area contributed by atoms with Gasteiger partial charge in [-0.2, -0.15) is 0 Å². The van der Waals surface area contributed by atoms with Crippen LogP contribution < -0.4 is 11.1 Å². The van der Waals surface area contributed by atoms with Crippen molar-refractivity contribution in [1.29, 1.82) is 0 Å². The predicted molar refractivity (Wildman–Crippen MR) is 65.1 cm³/mol. The summed E-state index contributed by atoms with van der Waals surface area (Å²) >= 11 is 0. The van der Waals surface area contributed by atoms with Crippen molar-refractivity contribution in [2.75, 3.05) is 11.1 Å². The van der Waals surface area contributed by atoms with Gasteiger partial charge in [0.15, 0.2) is 17.5 Å². The molecule has 0 radical (unpaired) electrons. The Morgan fingerprint density at radius 2 is 1.70 bits per heavy atom. The maximum atomic E-state index is 13.4. The smallest absolute Gasteiger partial charge is 0.257 e. The number of carbonyl (C=O) groups is 1. The Morgan fingerprint density at radius 1 is 1.00 bits per heavy atom. The molecule has 2 aromatic rings. The van der Waals surface area contributed by atoms with E-state index >= 15 is 0 Å². The lowest BCUT2D eigenvalue weighted by Gasteiger charge is -2.09. The highest BCUT2D eigenvalue weighted by molar-refractivity contribution is 6.07. The summed E-state index contributed by atoms with van der Waals surface area (Å²) in [4.78, 5) is 11.8. The van der Waals surface area contributed by atoms with E-state index in [-0.39, 0.29) is 11.3 Å². The Morgan fingerprint density at radius 3 is 2.35 bits per heavy atom. The number of anilines is 2. The molecule has 7 heteroatoms. The molecule has 3 N–H and O–H groups in total. The second kappa shape index (κ2) is 5.20. The van der Waals surface area contributed by atoms with Crippen molar-refractivity contribution in [1.82, 2.24) is 0 Å². The zero-order valence-corrected chi connectivity index (χ0v) is 9.88. The molecule has 2 rings (SSSR count). The zero-order valence-electron chi connectivity index (χ0n) is 9.88. The number of hydrogen-bond donors (Lipinski definition) is 2. The molecule has 1 amide bonds. The van der Waals surface area contributed by atoms with Crippen molar-refractivity contribution in [2.24, 2.45) is 0 Å². The van der Waals surface area contributed by atoms with E-state index < -0.39 is 34.9 Å². The van der Waals surface area contributed by atoms with Crippen LogP contribution in [0.4, 0.5) is 28.9 Å². The van der Waals surface area contributed by atoms with Gasteiger partial charge >= 0.3 is 0 Å². The monoisotopic (exact) mass is 284 g/mol. The molecule has 0 aromatic heterocycles. The fourth-order valence-electron chi connectivity index (χ4n) is 1.55. The Bertz CT molecular complexity index is 688. The number of nitrogens with two attached hydrogens (primary N) is 1. The van der Waals surface area contributed by atoms with Gasteiger partial charge in [-0.25, -0.2) is 17.6 Å². The molecule has 0 spiro atoms. The van der Waals surface area contributed by atoms with E-state index in [0.717, 1.165) is 24.3 Å². The van der Waals surface area contributed by atoms with Crippen molar-refractivity contribution in [2.45, 2.75) is 0 Å². The van der Waals surface area contributed by atoms with Gasteiger partial charge < -0.3 is 11.1 Å². The highest BCUT2D eigenvalue weighted by Crippen LogP contribution is 2.21. The minimum Gasteiger partial charge on any atom is -0.398 e. The number of rotatable bonds is 2. The molecule has 0 aliphatic rings. The van der Waals surface area contributed by atoms with Gasteiger partial charge in [0.2, 0.25) is 0 Å². The van der Waals surface area contributed by atoms with E-state index in [1.54, 1.807) is 0 Å². The maximum absolute atomic E-state index is 13.4. The number of hydrogen-bond acceptors (Lipinski definition) is 2. The summed E-state index contributed by atoms with van der Waals surface area (Å²) in [5.74, 6) is -6.11. The van der Waals surface area contributed by atoms with E-state index in [4.69, 9.17) is 5.73 Å². The minimum atomic E-state index is -1.70. The summed E-state index contributed by atoms with van der Waals surface area (Å²) in [6.07, 6.45) is 0. The molecule has 104 valence electrons. The molecule has 0 saturated carbocycles. The van der Waals surface area contributed by atoms with Gasteiger partial charge in [0.05, 0.1) is 11.3 Å². The third-order valence-corrected chi connectivity index (χ3v) is 2.54. The van der Waals surface area contributed by atoms with E-state index in [0.29, 0.717) is 6.07 Å². The number of nitrogens with one attached hydrogen (secondary N) is 1. The van der Waals surface area contributed by atoms with Crippen LogP contribution in [0.5, 0.6) is 0 Å². The molecule has 20 heavy (non-hydrogen) atoms. The second-order valence-electron chi connectivity index (χ2n) is 3.91. The number of nitrogen functional groups attached to an aromatic ring is 1. The van der Waals surface area contributed by atoms with Crippen LogP contribution in [0.1, 0.15) is 10.4 Å². The van der Waals surface area contributed by atoms with E-state index in [2.05, 4.69) is 0 Å². The Balaban J connectivity index is 2.30. The molecule has 0 fully saturated rings. The minimum absolute atomic E-state index is 0.115. The van der Waals surface area contributed by atoms with E-state index in [1.807, 2.05) is 5.32 Å². The lowest BCUT2D eigenvalue weighted by atomic mass is 10.1. The molecule has 3 nitrogen and oxygen atoms in total. The standard InChI is InChI=1S/C13H8F4N2O/c14-6-1-2-7(9(18)5-6)13(20)19-10-4-3-8(15)11(16)12(10)17/h1-5H,18H2,(H,19,20). The molecular formula is C13H8F4N2O. The van der Waals surface area contributed by atoms with Crippen LogP contribution in [0, 0.1) is 23.3 Å². The maximum Gasteiger partial charge on any atom is 0.257 e. The molecule has 0 heterocycles. The first-order valence-corrected chi connectivity index (χ1v) is 5.40. The lowest BCUT2D eigenvalue weighted by molar-refractivity contribution is 0.102. The van der Waals surface area contributed by atoms with Gasteiger partial charge in [-0.15, -0.1) is 0 Å². The van der Waals surface area contributed by atoms with Gasteiger partial charge in [-0.3, -0.25) is 4.79 Å².